The lowest BCUT2D eigenvalue weighted by atomic mass is 10.0. The fourth-order valence-electron chi connectivity index (χ4n) is 3.60. The Morgan fingerprint density at radius 2 is 2.08 bits per heavy atom. The summed E-state index contributed by atoms with van der Waals surface area (Å²) < 4.78 is 7.32. The van der Waals surface area contributed by atoms with Gasteiger partial charge in [-0.25, -0.2) is 9.97 Å². The summed E-state index contributed by atoms with van der Waals surface area (Å²) in [6, 6.07) is 4.58. The van der Waals surface area contributed by atoms with Gasteiger partial charge in [0.05, 0.1) is 12.8 Å². The Hall–Kier alpha value is -2.15. The molecule has 4 rings (SSSR count). The van der Waals surface area contributed by atoms with Crippen molar-refractivity contribution in [3.63, 3.8) is 0 Å². The zero-order valence-corrected chi connectivity index (χ0v) is 14.1. The second kappa shape index (κ2) is 6.76. The van der Waals surface area contributed by atoms with Crippen LogP contribution in [0.3, 0.4) is 0 Å². The van der Waals surface area contributed by atoms with Gasteiger partial charge in [0.25, 0.3) is 0 Å². The van der Waals surface area contributed by atoms with Crippen molar-refractivity contribution in [2.45, 2.75) is 44.8 Å². The second-order valence-corrected chi connectivity index (χ2v) is 6.59. The molecule has 1 fully saturated rings. The first-order chi connectivity index (χ1) is 11.8. The van der Waals surface area contributed by atoms with Crippen LogP contribution in [0.4, 0.5) is 5.82 Å². The standard InChI is InChI=1S/C17H24N6O/c1-24-17-10-16(18-12-19-17)20-13-4-7-22(8-5-13)11-14-9-15-3-2-6-23(15)21-14/h9-10,12-13H,2-8,11H2,1H3,(H,18,19,20). The number of ether oxygens (including phenoxy) is 1. The van der Waals surface area contributed by atoms with E-state index < -0.39 is 0 Å². The number of nitrogens with zero attached hydrogens (tertiary/aromatic N) is 5. The maximum absolute atomic E-state index is 5.14. The Balaban J connectivity index is 1.28. The molecule has 2 aromatic rings. The summed E-state index contributed by atoms with van der Waals surface area (Å²) in [6.07, 6.45) is 6.18. The lowest BCUT2D eigenvalue weighted by Gasteiger charge is -2.32. The molecule has 2 aromatic heterocycles. The average molecular weight is 328 g/mol. The van der Waals surface area contributed by atoms with E-state index in [1.165, 1.54) is 30.6 Å². The zero-order valence-electron chi connectivity index (χ0n) is 14.1. The average Bonchev–Trinajstić information content (AvgIpc) is 3.18. The zero-order chi connectivity index (χ0) is 16.4. The van der Waals surface area contributed by atoms with Crippen molar-refractivity contribution >= 4 is 5.82 Å². The van der Waals surface area contributed by atoms with Crippen LogP contribution in [-0.4, -0.2) is 50.9 Å². The maximum atomic E-state index is 5.14. The van der Waals surface area contributed by atoms with E-state index in [1.54, 1.807) is 7.11 Å². The first kappa shape index (κ1) is 15.4. The summed E-state index contributed by atoms with van der Waals surface area (Å²) in [5.74, 6) is 1.43. The molecule has 24 heavy (non-hydrogen) atoms. The van der Waals surface area contributed by atoms with E-state index in [1.807, 2.05) is 6.07 Å². The lowest BCUT2D eigenvalue weighted by Crippen LogP contribution is -2.38. The van der Waals surface area contributed by atoms with Gasteiger partial charge in [-0.3, -0.25) is 9.58 Å². The molecular weight excluding hydrogens is 304 g/mol. The highest BCUT2D eigenvalue weighted by molar-refractivity contribution is 5.38. The SMILES string of the molecule is COc1cc(NC2CCN(Cc3cc4n(n3)CCC4)CC2)ncn1. The predicted octanol–water partition coefficient (Wildman–Crippen LogP) is 1.70. The molecule has 1 saturated heterocycles. The highest BCUT2D eigenvalue weighted by atomic mass is 16.5. The number of likely N-dealkylation sites (tertiary alicyclic amines) is 1. The topological polar surface area (TPSA) is 68.1 Å². The molecule has 0 radical (unpaired) electrons. The van der Waals surface area contributed by atoms with Crippen molar-refractivity contribution in [2.24, 2.45) is 0 Å². The van der Waals surface area contributed by atoms with E-state index in [4.69, 9.17) is 9.84 Å². The van der Waals surface area contributed by atoms with Crippen LogP contribution in [0.25, 0.3) is 0 Å². The minimum Gasteiger partial charge on any atom is -0.481 e. The molecule has 0 aromatic carbocycles. The first-order valence-corrected chi connectivity index (χ1v) is 8.71. The van der Waals surface area contributed by atoms with E-state index in [9.17, 15) is 0 Å². The van der Waals surface area contributed by atoms with Crippen LogP contribution in [-0.2, 0) is 19.5 Å². The van der Waals surface area contributed by atoms with E-state index in [-0.39, 0.29) is 0 Å². The highest BCUT2D eigenvalue weighted by Crippen LogP contribution is 2.20. The highest BCUT2D eigenvalue weighted by Gasteiger charge is 2.21. The van der Waals surface area contributed by atoms with Crippen LogP contribution in [0.15, 0.2) is 18.5 Å². The fraction of sp³-hybridized carbons (Fsp3) is 0.588. The van der Waals surface area contributed by atoms with Crippen molar-refractivity contribution in [1.29, 1.82) is 0 Å². The molecule has 2 aliphatic rings. The van der Waals surface area contributed by atoms with Crippen LogP contribution >= 0.6 is 0 Å². The summed E-state index contributed by atoms with van der Waals surface area (Å²) in [6.45, 7) is 4.22. The number of nitrogens with one attached hydrogen (secondary N) is 1. The monoisotopic (exact) mass is 328 g/mol. The molecule has 0 amide bonds. The molecule has 1 N–H and O–H groups in total. The van der Waals surface area contributed by atoms with Crippen molar-refractivity contribution in [3.05, 3.63) is 29.8 Å². The van der Waals surface area contributed by atoms with Crippen LogP contribution in [0.2, 0.25) is 0 Å². The van der Waals surface area contributed by atoms with Gasteiger partial charge in [-0.05, 0) is 31.7 Å². The predicted molar refractivity (Wildman–Crippen MR) is 91.1 cm³/mol. The number of hydrogen-bond donors (Lipinski definition) is 1. The Bertz CT molecular complexity index is 671. The third kappa shape index (κ3) is 3.36. The molecular formula is C17H24N6O. The van der Waals surface area contributed by atoms with Gasteiger partial charge in [-0.1, -0.05) is 0 Å². The van der Waals surface area contributed by atoms with E-state index >= 15 is 0 Å². The van der Waals surface area contributed by atoms with Crippen LogP contribution in [0, 0.1) is 0 Å². The third-order valence-corrected chi connectivity index (χ3v) is 4.89. The fourth-order valence-corrected chi connectivity index (χ4v) is 3.60. The number of aryl methyl sites for hydroxylation is 2. The largest absolute Gasteiger partial charge is 0.481 e. The van der Waals surface area contributed by atoms with Gasteiger partial charge in [0, 0.05) is 44.0 Å². The summed E-state index contributed by atoms with van der Waals surface area (Å²) in [5.41, 5.74) is 2.62. The minimum atomic E-state index is 0.452. The number of rotatable bonds is 5. The summed E-state index contributed by atoms with van der Waals surface area (Å²) >= 11 is 0. The van der Waals surface area contributed by atoms with Gasteiger partial charge in [-0.15, -0.1) is 0 Å². The van der Waals surface area contributed by atoms with Gasteiger partial charge in [0.15, 0.2) is 0 Å². The number of methoxy groups -OCH3 is 1. The van der Waals surface area contributed by atoms with E-state index in [0.29, 0.717) is 11.9 Å². The van der Waals surface area contributed by atoms with Gasteiger partial charge in [-0.2, -0.15) is 5.10 Å². The second-order valence-electron chi connectivity index (χ2n) is 6.59. The number of fused-ring (bicyclic) bond motifs is 1. The van der Waals surface area contributed by atoms with Crippen molar-refractivity contribution in [2.75, 3.05) is 25.5 Å². The molecule has 0 bridgehead atoms. The van der Waals surface area contributed by atoms with E-state index in [2.05, 4.69) is 30.9 Å². The molecule has 0 saturated carbocycles. The molecule has 0 unspecified atom stereocenters. The summed E-state index contributed by atoms with van der Waals surface area (Å²) in [7, 11) is 1.62. The molecule has 0 aliphatic carbocycles. The first-order valence-electron chi connectivity index (χ1n) is 8.71. The van der Waals surface area contributed by atoms with Crippen LogP contribution in [0.1, 0.15) is 30.7 Å². The molecule has 0 atom stereocenters. The van der Waals surface area contributed by atoms with Gasteiger partial charge in [0.2, 0.25) is 5.88 Å². The molecule has 7 heteroatoms. The third-order valence-electron chi connectivity index (χ3n) is 4.89. The maximum Gasteiger partial charge on any atom is 0.218 e. The van der Waals surface area contributed by atoms with Gasteiger partial charge in [0.1, 0.15) is 12.1 Å². The molecule has 2 aliphatic heterocycles. The Kier molecular flexibility index (Phi) is 4.34. The van der Waals surface area contributed by atoms with Crippen LogP contribution < -0.4 is 10.1 Å². The van der Waals surface area contributed by atoms with Crippen LogP contribution in [0.5, 0.6) is 5.88 Å². The number of anilines is 1. The smallest absolute Gasteiger partial charge is 0.218 e. The Morgan fingerprint density at radius 1 is 1.21 bits per heavy atom. The van der Waals surface area contributed by atoms with Crippen molar-refractivity contribution in [3.8, 4) is 5.88 Å². The van der Waals surface area contributed by atoms with E-state index in [0.717, 1.165) is 44.8 Å². The minimum absolute atomic E-state index is 0.452. The van der Waals surface area contributed by atoms with Crippen molar-refractivity contribution < 1.29 is 4.74 Å². The molecule has 7 nitrogen and oxygen atoms in total. The summed E-state index contributed by atoms with van der Waals surface area (Å²) in [4.78, 5) is 10.8. The van der Waals surface area contributed by atoms with Gasteiger partial charge >= 0.3 is 0 Å². The number of hydrogen-bond acceptors (Lipinski definition) is 6. The molecule has 0 spiro atoms. The molecule has 4 heterocycles. The van der Waals surface area contributed by atoms with Gasteiger partial charge < -0.3 is 10.1 Å². The Labute approximate surface area is 142 Å². The van der Waals surface area contributed by atoms with Crippen molar-refractivity contribution in [1.82, 2.24) is 24.6 Å². The normalized spacial score (nSPS) is 18.5. The summed E-state index contributed by atoms with van der Waals surface area (Å²) in [5, 5.41) is 8.21. The lowest BCUT2D eigenvalue weighted by molar-refractivity contribution is 0.208. The molecule has 128 valence electrons. The quantitative estimate of drug-likeness (QED) is 0.901. The number of aromatic nitrogens is 4. The number of piperidine rings is 1. The Morgan fingerprint density at radius 3 is 2.88 bits per heavy atom.